The lowest BCUT2D eigenvalue weighted by Gasteiger charge is -2.15. The maximum atomic E-state index is 13.4. The van der Waals surface area contributed by atoms with Gasteiger partial charge in [-0.25, -0.2) is 9.78 Å². The third-order valence-electron chi connectivity index (χ3n) is 5.33. The molecule has 0 N–H and O–H groups in total. The first-order valence-electron chi connectivity index (χ1n) is 11.6. The van der Waals surface area contributed by atoms with Crippen LogP contribution < -0.4 is 11.0 Å². The normalized spacial score (nSPS) is 12.0. The lowest BCUT2D eigenvalue weighted by molar-refractivity contribution is -0.115. The van der Waals surface area contributed by atoms with Gasteiger partial charge in [0.15, 0.2) is 5.49 Å². The van der Waals surface area contributed by atoms with E-state index < -0.39 is 11.9 Å². The van der Waals surface area contributed by atoms with Gasteiger partial charge in [-0.1, -0.05) is 44.6 Å². The van der Waals surface area contributed by atoms with E-state index in [9.17, 15) is 14.4 Å². The SMILES string of the molecule is C=C/C=C\SCC(=O)N=c1c(C(=O)OCC)cc2c(=O)n3cccc(C)c3nc2n1CCCCC. The summed E-state index contributed by atoms with van der Waals surface area (Å²) in [4.78, 5) is 48.2. The largest absolute Gasteiger partial charge is 0.462 e. The number of rotatable bonds is 10. The molecule has 35 heavy (non-hydrogen) atoms. The van der Waals surface area contributed by atoms with Gasteiger partial charge in [-0.15, -0.1) is 11.8 Å². The highest BCUT2D eigenvalue weighted by molar-refractivity contribution is 8.02. The number of allylic oxidation sites excluding steroid dienone is 2. The summed E-state index contributed by atoms with van der Waals surface area (Å²) >= 11 is 1.28. The highest BCUT2D eigenvalue weighted by Crippen LogP contribution is 2.15. The van der Waals surface area contributed by atoms with E-state index in [2.05, 4.69) is 18.5 Å². The highest BCUT2D eigenvalue weighted by atomic mass is 32.2. The van der Waals surface area contributed by atoms with E-state index in [1.54, 1.807) is 41.3 Å². The standard InChI is InChI=1S/C26H30N4O4S/c1-5-8-10-13-29-23-19(25(32)30-14-11-12-18(4)22(30)28-23)16-20(26(33)34-7-3)24(29)27-21(31)17-35-15-9-6-2/h6,9,11-12,14-16H,2,5,7-8,10,13,17H2,1,3-4H3/b15-9-,27-24?. The number of hydrogen-bond acceptors (Lipinski definition) is 6. The number of thioether (sulfide) groups is 1. The fourth-order valence-electron chi connectivity index (χ4n) is 3.68. The molecule has 0 spiro atoms. The molecule has 0 radical (unpaired) electrons. The third-order valence-corrected chi connectivity index (χ3v) is 6.10. The third kappa shape index (κ3) is 5.97. The predicted octanol–water partition coefficient (Wildman–Crippen LogP) is 4.18. The van der Waals surface area contributed by atoms with E-state index in [0.717, 1.165) is 24.8 Å². The second kappa shape index (κ2) is 12.3. The van der Waals surface area contributed by atoms with Crippen LogP contribution in [0.3, 0.4) is 0 Å². The van der Waals surface area contributed by atoms with Crippen molar-refractivity contribution in [2.45, 2.75) is 46.6 Å². The van der Waals surface area contributed by atoms with Crippen molar-refractivity contribution in [3.05, 3.63) is 75.5 Å². The number of unbranched alkanes of at least 4 members (excludes halogenated alkanes) is 2. The monoisotopic (exact) mass is 494 g/mol. The van der Waals surface area contributed by atoms with Crippen molar-refractivity contribution in [2.75, 3.05) is 12.4 Å². The maximum Gasteiger partial charge on any atom is 0.341 e. The highest BCUT2D eigenvalue weighted by Gasteiger charge is 2.20. The van der Waals surface area contributed by atoms with Crippen molar-refractivity contribution in [1.82, 2.24) is 14.0 Å². The second-order valence-corrected chi connectivity index (χ2v) is 8.77. The molecule has 1 amide bonds. The van der Waals surface area contributed by atoms with Gasteiger partial charge in [0, 0.05) is 12.7 Å². The van der Waals surface area contributed by atoms with E-state index >= 15 is 0 Å². The molecular weight excluding hydrogens is 464 g/mol. The summed E-state index contributed by atoms with van der Waals surface area (Å²) in [6.45, 7) is 9.87. The summed E-state index contributed by atoms with van der Waals surface area (Å²) in [6.07, 6.45) is 7.68. The molecule has 3 aromatic rings. The molecule has 0 unspecified atom stereocenters. The fourth-order valence-corrected chi connectivity index (χ4v) is 4.20. The van der Waals surface area contributed by atoms with Crippen LogP contribution in [0, 0.1) is 6.92 Å². The minimum Gasteiger partial charge on any atom is -0.462 e. The molecule has 0 saturated heterocycles. The van der Waals surface area contributed by atoms with E-state index in [0.29, 0.717) is 17.8 Å². The number of fused-ring (bicyclic) bond motifs is 2. The van der Waals surface area contributed by atoms with E-state index in [-0.39, 0.29) is 34.4 Å². The molecule has 3 heterocycles. The van der Waals surface area contributed by atoms with Crippen LogP contribution >= 0.6 is 11.8 Å². The van der Waals surface area contributed by atoms with E-state index in [1.807, 2.05) is 13.0 Å². The molecule has 8 nitrogen and oxygen atoms in total. The number of amides is 1. The van der Waals surface area contributed by atoms with Crippen molar-refractivity contribution in [3.8, 4) is 0 Å². The first kappa shape index (κ1) is 26.2. The number of carbonyl (C=O) groups is 2. The van der Waals surface area contributed by atoms with Gasteiger partial charge in [0.1, 0.15) is 16.9 Å². The molecule has 184 valence electrons. The zero-order chi connectivity index (χ0) is 25.4. The fraction of sp³-hybridized carbons (Fsp3) is 0.346. The Balaban J connectivity index is 2.37. The Hall–Kier alpha value is -3.46. The number of hydrogen-bond donors (Lipinski definition) is 0. The molecule has 3 rings (SSSR count). The van der Waals surface area contributed by atoms with E-state index in [4.69, 9.17) is 9.72 Å². The molecule has 0 bridgehead atoms. The van der Waals surface area contributed by atoms with Gasteiger partial charge in [0.25, 0.3) is 11.5 Å². The quantitative estimate of drug-likeness (QED) is 0.182. The molecule has 0 aromatic carbocycles. The Labute approximate surface area is 208 Å². The van der Waals surface area contributed by atoms with Crippen molar-refractivity contribution in [1.29, 1.82) is 0 Å². The lowest BCUT2D eigenvalue weighted by Crippen LogP contribution is -2.33. The van der Waals surface area contributed by atoms with Gasteiger partial charge in [0.05, 0.1) is 17.7 Å². The summed E-state index contributed by atoms with van der Waals surface area (Å²) in [7, 11) is 0. The van der Waals surface area contributed by atoms with Gasteiger partial charge in [0.2, 0.25) is 0 Å². The van der Waals surface area contributed by atoms with E-state index in [1.165, 1.54) is 22.2 Å². The van der Waals surface area contributed by atoms with Gasteiger partial charge >= 0.3 is 5.97 Å². The number of ether oxygens (including phenoxy) is 1. The molecule has 0 fully saturated rings. The van der Waals surface area contributed by atoms with Crippen LogP contribution in [0.2, 0.25) is 0 Å². The van der Waals surface area contributed by atoms with Gasteiger partial charge in [-0.3, -0.25) is 14.0 Å². The lowest BCUT2D eigenvalue weighted by atomic mass is 10.2. The van der Waals surface area contributed by atoms with Crippen molar-refractivity contribution < 1.29 is 14.3 Å². The Kier molecular flexibility index (Phi) is 9.19. The first-order valence-corrected chi connectivity index (χ1v) is 12.7. The maximum absolute atomic E-state index is 13.4. The summed E-state index contributed by atoms with van der Waals surface area (Å²) in [5.74, 6) is -0.961. The average Bonchev–Trinajstić information content (AvgIpc) is 2.84. The molecule has 9 heteroatoms. The summed E-state index contributed by atoms with van der Waals surface area (Å²) in [6, 6.07) is 5.11. The summed E-state index contributed by atoms with van der Waals surface area (Å²) < 4.78 is 8.44. The van der Waals surface area contributed by atoms with Crippen LogP contribution in [0.1, 0.15) is 49.0 Å². The zero-order valence-corrected chi connectivity index (χ0v) is 21.1. The first-order chi connectivity index (χ1) is 16.9. The van der Waals surface area contributed by atoms with Gasteiger partial charge in [-0.2, -0.15) is 4.99 Å². The Bertz CT molecular complexity index is 1420. The van der Waals surface area contributed by atoms with Gasteiger partial charge in [-0.05, 0) is 43.4 Å². The van der Waals surface area contributed by atoms with Crippen LogP contribution in [-0.2, 0) is 16.1 Å². The molecule has 0 aliphatic heterocycles. The molecule has 0 saturated carbocycles. The zero-order valence-electron chi connectivity index (χ0n) is 20.3. The second-order valence-electron chi connectivity index (χ2n) is 7.88. The van der Waals surface area contributed by atoms with Gasteiger partial charge < -0.3 is 9.30 Å². The van der Waals surface area contributed by atoms with Crippen LogP contribution in [0.5, 0.6) is 0 Å². The number of carbonyl (C=O) groups excluding carboxylic acids is 2. The van der Waals surface area contributed by atoms with Crippen molar-refractivity contribution >= 4 is 40.3 Å². The number of pyridine rings is 2. The Morgan fingerprint density at radius 3 is 2.77 bits per heavy atom. The van der Waals surface area contributed by atoms with Crippen LogP contribution in [0.4, 0.5) is 0 Å². The molecular formula is C26H30N4O4S. The summed E-state index contributed by atoms with van der Waals surface area (Å²) in [5.41, 5.74) is 1.67. The predicted molar refractivity (Wildman–Crippen MR) is 140 cm³/mol. The summed E-state index contributed by atoms with van der Waals surface area (Å²) in [5, 5.41) is 2.02. The molecule has 0 aliphatic carbocycles. The molecule has 3 aromatic heterocycles. The topological polar surface area (TPSA) is 95.0 Å². The molecule has 0 aliphatic rings. The number of aryl methyl sites for hydroxylation is 2. The van der Waals surface area contributed by atoms with Crippen LogP contribution in [0.25, 0.3) is 16.7 Å². The number of aromatic nitrogens is 3. The Morgan fingerprint density at radius 1 is 1.26 bits per heavy atom. The smallest absolute Gasteiger partial charge is 0.341 e. The van der Waals surface area contributed by atoms with Crippen molar-refractivity contribution in [3.63, 3.8) is 0 Å². The Morgan fingerprint density at radius 2 is 2.06 bits per heavy atom. The van der Waals surface area contributed by atoms with Crippen LogP contribution in [0.15, 0.2) is 58.3 Å². The minimum absolute atomic E-state index is 0.0716. The number of esters is 1. The minimum atomic E-state index is -0.641. The van der Waals surface area contributed by atoms with Crippen molar-refractivity contribution in [2.24, 2.45) is 4.99 Å². The molecule has 0 atom stereocenters. The van der Waals surface area contributed by atoms with Crippen LogP contribution in [-0.4, -0.2) is 38.2 Å². The average molecular weight is 495 g/mol. The number of nitrogens with zero attached hydrogens (tertiary/aromatic N) is 4.